The van der Waals surface area contributed by atoms with Crippen LogP contribution in [-0.2, 0) is 4.79 Å². The molecule has 1 aliphatic carbocycles. The fourth-order valence-electron chi connectivity index (χ4n) is 3.68. The van der Waals surface area contributed by atoms with Gasteiger partial charge in [-0.2, -0.15) is 0 Å². The van der Waals surface area contributed by atoms with Crippen LogP contribution in [0.5, 0.6) is 0 Å². The molecule has 0 spiro atoms. The molecule has 27 heavy (non-hydrogen) atoms. The third-order valence-corrected chi connectivity index (χ3v) is 5.17. The van der Waals surface area contributed by atoms with Gasteiger partial charge in [-0.3, -0.25) is 24.1 Å². The molecule has 0 aromatic heterocycles. The number of benzene rings is 1. The zero-order valence-corrected chi connectivity index (χ0v) is 15.5. The van der Waals surface area contributed by atoms with E-state index in [1.165, 1.54) is 11.0 Å². The molecule has 0 atom stereocenters. The van der Waals surface area contributed by atoms with Crippen molar-refractivity contribution in [1.82, 2.24) is 15.5 Å². The van der Waals surface area contributed by atoms with Gasteiger partial charge in [-0.1, -0.05) is 26.2 Å². The Hall–Kier alpha value is -2.70. The van der Waals surface area contributed by atoms with E-state index in [9.17, 15) is 19.2 Å². The Morgan fingerprint density at radius 2 is 1.67 bits per heavy atom. The molecule has 144 valence electrons. The van der Waals surface area contributed by atoms with Crippen molar-refractivity contribution < 1.29 is 19.2 Å². The lowest BCUT2D eigenvalue weighted by molar-refractivity contribution is -0.120. The van der Waals surface area contributed by atoms with Crippen LogP contribution >= 0.6 is 0 Å². The van der Waals surface area contributed by atoms with E-state index in [2.05, 4.69) is 10.6 Å². The highest BCUT2D eigenvalue weighted by molar-refractivity contribution is 6.22. The number of hydrogen-bond donors (Lipinski definition) is 2. The van der Waals surface area contributed by atoms with Crippen LogP contribution in [0.4, 0.5) is 0 Å². The monoisotopic (exact) mass is 371 g/mol. The van der Waals surface area contributed by atoms with Gasteiger partial charge >= 0.3 is 0 Å². The van der Waals surface area contributed by atoms with Gasteiger partial charge in [0.25, 0.3) is 17.7 Å². The number of carbonyl (C=O) groups is 4. The number of hydrogen-bond acceptors (Lipinski definition) is 4. The molecule has 0 unspecified atom stereocenters. The van der Waals surface area contributed by atoms with Crippen molar-refractivity contribution in [3.05, 3.63) is 34.9 Å². The van der Waals surface area contributed by atoms with Crippen molar-refractivity contribution in [3.8, 4) is 0 Å². The zero-order chi connectivity index (χ0) is 19.4. The lowest BCUT2D eigenvalue weighted by Crippen LogP contribution is -2.40. The molecule has 3 rings (SSSR count). The molecule has 7 nitrogen and oxygen atoms in total. The van der Waals surface area contributed by atoms with Crippen LogP contribution in [-0.4, -0.2) is 47.7 Å². The molecule has 1 heterocycles. The van der Waals surface area contributed by atoms with E-state index >= 15 is 0 Å². The topological polar surface area (TPSA) is 95.6 Å². The molecule has 0 radical (unpaired) electrons. The highest BCUT2D eigenvalue weighted by Crippen LogP contribution is 2.31. The summed E-state index contributed by atoms with van der Waals surface area (Å²) in [5.41, 5.74) is 1.01. The molecule has 1 aromatic rings. The summed E-state index contributed by atoms with van der Waals surface area (Å²) in [6.45, 7) is 2.40. The summed E-state index contributed by atoms with van der Waals surface area (Å²) in [7, 11) is 0. The predicted molar refractivity (Wildman–Crippen MR) is 99.4 cm³/mol. The second-order valence-electron chi connectivity index (χ2n) is 6.99. The number of amides is 4. The smallest absolute Gasteiger partial charge is 0.261 e. The maximum atomic E-state index is 12.8. The van der Waals surface area contributed by atoms with Gasteiger partial charge in [0, 0.05) is 31.1 Å². The summed E-state index contributed by atoms with van der Waals surface area (Å²) in [5.74, 6) is -0.962. The molecule has 2 N–H and O–H groups in total. The minimum atomic E-state index is -0.333. The molecule has 1 fully saturated rings. The van der Waals surface area contributed by atoms with Gasteiger partial charge < -0.3 is 10.6 Å². The van der Waals surface area contributed by atoms with E-state index in [0.717, 1.165) is 32.1 Å². The van der Waals surface area contributed by atoms with E-state index in [1.54, 1.807) is 19.1 Å². The molecule has 4 amide bonds. The fourth-order valence-corrected chi connectivity index (χ4v) is 3.68. The Morgan fingerprint density at radius 1 is 1.00 bits per heavy atom. The predicted octanol–water partition coefficient (Wildman–Crippen LogP) is 1.87. The fraction of sp³-hybridized carbons (Fsp3) is 0.500. The van der Waals surface area contributed by atoms with Gasteiger partial charge in [-0.05, 0) is 31.0 Å². The second-order valence-corrected chi connectivity index (χ2v) is 6.99. The van der Waals surface area contributed by atoms with Crippen LogP contribution in [0.1, 0.15) is 76.5 Å². The first-order chi connectivity index (χ1) is 13.0. The SMILES string of the molecule is CCC(=O)NCCNC(=O)c1ccc2c(c1)C(=O)N(C1CCCCC1)C2=O. The summed E-state index contributed by atoms with van der Waals surface area (Å²) in [6.07, 6.45) is 5.29. The normalized spacial score (nSPS) is 17.0. The largest absolute Gasteiger partial charge is 0.354 e. The van der Waals surface area contributed by atoms with E-state index in [0.29, 0.717) is 36.2 Å². The lowest BCUT2D eigenvalue weighted by Gasteiger charge is -2.29. The quantitative estimate of drug-likeness (QED) is 0.589. The van der Waals surface area contributed by atoms with Crippen molar-refractivity contribution in [2.45, 2.75) is 51.5 Å². The number of nitrogens with zero attached hydrogens (tertiary/aromatic N) is 1. The minimum absolute atomic E-state index is 0.0365. The van der Waals surface area contributed by atoms with Crippen molar-refractivity contribution in [2.75, 3.05) is 13.1 Å². The first-order valence-electron chi connectivity index (χ1n) is 9.59. The Bertz CT molecular complexity index is 768. The lowest BCUT2D eigenvalue weighted by atomic mass is 9.94. The molecule has 1 aromatic carbocycles. The van der Waals surface area contributed by atoms with E-state index in [4.69, 9.17) is 0 Å². The van der Waals surface area contributed by atoms with E-state index in [1.807, 2.05) is 0 Å². The van der Waals surface area contributed by atoms with Gasteiger partial charge in [0.05, 0.1) is 11.1 Å². The van der Waals surface area contributed by atoms with Crippen molar-refractivity contribution in [1.29, 1.82) is 0 Å². The number of rotatable bonds is 6. The van der Waals surface area contributed by atoms with E-state index in [-0.39, 0.29) is 29.7 Å². The first kappa shape index (κ1) is 19.1. The molecular weight excluding hydrogens is 346 g/mol. The van der Waals surface area contributed by atoms with Crippen molar-refractivity contribution in [3.63, 3.8) is 0 Å². The number of imide groups is 1. The molecular formula is C20H25N3O4. The standard InChI is InChI=1S/C20H25N3O4/c1-2-17(24)21-10-11-22-18(25)13-8-9-15-16(12-13)20(27)23(19(15)26)14-6-4-3-5-7-14/h8-9,12,14H,2-7,10-11H2,1H3,(H,21,24)(H,22,25). The van der Waals surface area contributed by atoms with Gasteiger partial charge in [-0.25, -0.2) is 0 Å². The third-order valence-electron chi connectivity index (χ3n) is 5.17. The number of nitrogens with one attached hydrogen (secondary N) is 2. The highest BCUT2D eigenvalue weighted by Gasteiger charge is 2.40. The van der Waals surface area contributed by atoms with Crippen LogP contribution in [0.3, 0.4) is 0 Å². The average Bonchev–Trinajstić information content (AvgIpc) is 2.95. The Morgan fingerprint density at radius 3 is 2.37 bits per heavy atom. The highest BCUT2D eigenvalue weighted by atomic mass is 16.2. The molecule has 0 bridgehead atoms. The number of carbonyl (C=O) groups excluding carboxylic acids is 4. The summed E-state index contributed by atoms with van der Waals surface area (Å²) in [6, 6.07) is 4.59. The summed E-state index contributed by atoms with van der Waals surface area (Å²) in [5, 5.41) is 5.38. The molecule has 1 aliphatic heterocycles. The van der Waals surface area contributed by atoms with Crippen LogP contribution < -0.4 is 10.6 Å². The Labute approximate surface area is 158 Å². The van der Waals surface area contributed by atoms with Crippen LogP contribution in [0.25, 0.3) is 0 Å². The maximum Gasteiger partial charge on any atom is 0.261 e. The van der Waals surface area contributed by atoms with Gasteiger partial charge in [0.2, 0.25) is 5.91 Å². The maximum absolute atomic E-state index is 12.8. The molecule has 1 saturated carbocycles. The van der Waals surface area contributed by atoms with Crippen LogP contribution in [0.15, 0.2) is 18.2 Å². The Kier molecular flexibility index (Phi) is 5.88. The van der Waals surface area contributed by atoms with Gasteiger partial charge in [0.15, 0.2) is 0 Å². The Balaban J connectivity index is 1.66. The van der Waals surface area contributed by atoms with Gasteiger partial charge in [-0.15, -0.1) is 0 Å². The second kappa shape index (κ2) is 8.33. The third kappa shape index (κ3) is 4.02. The van der Waals surface area contributed by atoms with E-state index < -0.39 is 0 Å². The average molecular weight is 371 g/mol. The summed E-state index contributed by atoms with van der Waals surface area (Å²) in [4.78, 5) is 50.3. The van der Waals surface area contributed by atoms with Crippen LogP contribution in [0.2, 0.25) is 0 Å². The molecule has 7 heteroatoms. The molecule has 2 aliphatic rings. The van der Waals surface area contributed by atoms with Gasteiger partial charge in [0.1, 0.15) is 0 Å². The molecule has 0 saturated heterocycles. The first-order valence-corrected chi connectivity index (χ1v) is 9.59. The van der Waals surface area contributed by atoms with Crippen LogP contribution in [0, 0.1) is 0 Å². The number of fused-ring (bicyclic) bond motifs is 1. The summed E-state index contributed by atoms with van der Waals surface area (Å²) >= 11 is 0. The zero-order valence-electron chi connectivity index (χ0n) is 15.5. The summed E-state index contributed by atoms with van der Waals surface area (Å²) < 4.78 is 0. The minimum Gasteiger partial charge on any atom is -0.354 e. The van der Waals surface area contributed by atoms with Crippen molar-refractivity contribution in [2.24, 2.45) is 0 Å². The van der Waals surface area contributed by atoms with Crippen molar-refractivity contribution >= 4 is 23.6 Å².